The number of carboxylic acid groups (broad SMARTS) is 1. The van der Waals surface area contributed by atoms with E-state index in [0.29, 0.717) is 16.5 Å². The van der Waals surface area contributed by atoms with Crippen LogP contribution in [0.4, 0.5) is 0 Å². The number of phenolic OH excluding ortho intramolecular Hbond substituents is 1. The minimum atomic E-state index is -0.711. The summed E-state index contributed by atoms with van der Waals surface area (Å²) in [6.07, 6.45) is 5.17. The second-order valence-corrected chi connectivity index (χ2v) is 9.34. The molecule has 0 aliphatic rings. The number of hydrogen-bond acceptors (Lipinski definition) is 3. The largest absolute Gasteiger partial charge is 0.508 e. The molecule has 0 saturated heterocycles. The molecule has 1 heterocycles. The van der Waals surface area contributed by atoms with Crippen molar-refractivity contribution in [1.82, 2.24) is 9.55 Å². The third-order valence-electron chi connectivity index (χ3n) is 5.64. The number of aryl methyl sites for hydroxylation is 1. The molecule has 192 valence electrons. The van der Waals surface area contributed by atoms with Gasteiger partial charge in [-0.15, -0.1) is 0 Å². The molecule has 4 aromatic rings. The van der Waals surface area contributed by atoms with Gasteiger partial charge in [0.15, 0.2) is 0 Å². The van der Waals surface area contributed by atoms with Crippen molar-refractivity contribution in [3.8, 4) is 28.1 Å². The highest BCUT2D eigenvalue weighted by Gasteiger charge is 2.13. The summed E-state index contributed by atoms with van der Waals surface area (Å²) in [5, 5.41) is 18.6. The number of imidazole rings is 1. The third-order valence-corrected chi connectivity index (χ3v) is 6.18. The second-order valence-electron chi connectivity index (χ2n) is 8.50. The van der Waals surface area contributed by atoms with Gasteiger partial charge < -0.3 is 14.8 Å². The molecule has 4 rings (SSSR count). The molecule has 2 N–H and O–H groups in total. The zero-order valence-corrected chi connectivity index (χ0v) is 22.6. The van der Waals surface area contributed by atoms with Gasteiger partial charge in [-0.05, 0) is 78.9 Å². The molecular weight excluding hydrogens is 507 g/mol. The first kappa shape index (κ1) is 28.0. The number of benzene rings is 3. The first-order valence-corrected chi connectivity index (χ1v) is 12.8. The second kappa shape index (κ2) is 13.1. The van der Waals surface area contributed by atoms with Crippen LogP contribution < -0.4 is 0 Å². The maximum absolute atomic E-state index is 9.60. The monoisotopic (exact) mass is 536 g/mol. The lowest BCUT2D eigenvalue weighted by molar-refractivity contribution is -0.137. The summed E-state index contributed by atoms with van der Waals surface area (Å²) in [5.41, 5.74) is 6.02. The zero-order chi connectivity index (χ0) is 26.9. The van der Waals surface area contributed by atoms with Crippen LogP contribution in [0.5, 0.6) is 5.75 Å². The number of hydrogen-bond donors (Lipinski definition) is 2. The predicted octanol–water partition coefficient (Wildman–Crippen LogP) is 8.68. The summed E-state index contributed by atoms with van der Waals surface area (Å²) in [6, 6.07) is 21.0. The van der Waals surface area contributed by atoms with Gasteiger partial charge in [0, 0.05) is 29.7 Å². The standard InChI is InChI=1S/C26H22Cl2N2O.C4H8O2/c1-3-30-16-25(23-13-10-21(27)15-24(23)28)29-26(30)17(2)14-18-4-6-19(7-5-18)20-8-11-22(31)12-9-20;1-2-3-4(5)6/h4-16,31H,3H2,1-2H3;2-3H2,1H3,(H,5,6)/b17-14+;. The van der Waals surface area contributed by atoms with Crippen LogP contribution in [0.25, 0.3) is 34.0 Å². The van der Waals surface area contributed by atoms with Crippen molar-refractivity contribution in [2.45, 2.75) is 40.2 Å². The van der Waals surface area contributed by atoms with Crippen LogP contribution in [-0.4, -0.2) is 25.7 Å². The van der Waals surface area contributed by atoms with Crippen molar-refractivity contribution in [3.05, 3.63) is 94.4 Å². The van der Waals surface area contributed by atoms with Gasteiger partial charge in [0.05, 0.1) is 10.7 Å². The van der Waals surface area contributed by atoms with Crippen LogP contribution in [0.2, 0.25) is 10.0 Å². The third kappa shape index (κ3) is 7.72. The van der Waals surface area contributed by atoms with E-state index >= 15 is 0 Å². The van der Waals surface area contributed by atoms with Crippen molar-refractivity contribution < 1.29 is 15.0 Å². The Balaban J connectivity index is 0.000000568. The average Bonchev–Trinajstić information content (AvgIpc) is 3.30. The van der Waals surface area contributed by atoms with Crippen LogP contribution in [0.1, 0.15) is 45.0 Å². The number of rotatable bonds is 7. The Hall–Kier alpha value is -3.54. The highest BCUT2D eigenvalue weighted by molar-refractivity contribution is 6.36. The Morgan fingerprint density at radius 3 is 2.11 bits per heavy atom. The Labute approximate surface area is 227 Å². The number of nitrogens with zero attached hydrogens (tertiary/aromatic N) is 2. The van der Waals surface area contributed by atoms with Crippen LogP contribution in [0.15, 0.2) is 72.9 Å². The normalized spacial score (nSPS) is 11.1. The average molecular weight is 537 g/mol. The summed E-state index contributed by atoms with van der Waals surface area (Å²) >= 11 is 12.4. The van der Waals surface area contributed by atoms with Crippen LogP contribution in [0.3, 0.4) is 0 Å². The van der Waals surface area contributed by atoms with E-state index in [4.69, 9.17) is 33.3 Å². The molecule has 5 nitrogen and oxygen atoms in total. The highest BCUT2D eigenvalue weighted by Crippen LogP contribution is 2.31. The number of halogens is 2. The lowest BCUT2D eigenvalue weighted by Crippen LogP contribution is -1.98. The first-order valence-electron chi connectivity index (χ1n) is 12.0. The van der Waals surface area contributed by atoms with Crippen molar-refractivity contribution in [3.63, 3.8) is 0 Å². The van der Waals surface area contributed by atoms with E-state index in [2.05, 4.69) is 48.8 Å². The fourth-order valence-corrected chi connectivity index (χ4v) is 4.26. The first-order chi connectivity index (χ1) is 17.7. The molecule has 0 radical (unpaired) electrons. The molecule has 0 spiro atoms. The molecule has 0 fully saturated rings. The SMILES string of the molecule is CCCC(=O)O.CCn1cc(-c2ccc(Cl)cc2Cl)nc1/C(C)=C/c1ccc(-c2ccc(O)cc2)cc1. The Morgan fingerprint density at radius 2 is 1.59 bits per heavy atom. The molecular formula is C30H30Cl2N2O3. The van der Waals surface area contributed by atoms with E-state index < -0.39 is 5.97 Å². The number of carboxylic acids is 1. The van der Waals surface area contributed by atoms with Gasteiger partial charge >= 0.3 is 5.97 Å². The number of phenols is 1. The molecule has 0 bridgehead atoms. The van der Waals surface area contributed by atoms with Crippen molar-refractivity contribution >= 4 is 40.8 Å². The Morgan fingerprint density at radius 1 is 0.973 bits per heavy atom. The van der Waals surface area contributed by atoms with Crippen LogP contribution in [0, 0.1) is 0 Å². The maximum Gasteiger partial charge on any atom is 0.303 e. The maximum atomic E-state index is 9.60. The van der Waals surface area contributed by atoms with Crippen molar-refractivity contribution in [2.24, 2.45) is 0 Å². The van der Waals surface area contributed by atoms with E-state index in [9.17, 15) is 9.90 Å². The number of aromatic nitrogens is 2. The molecule has 0 saturated carbocycles. The molecule has 0 aliphatic heterocycles. The lowest BCUT2D eigenvalue weighted by Gasteiger charge is -2.06. The summed E-state index contributed by atoms with van der Waals surface area (Å²) in [5.74, 6) is 0.466. The molecule has 1 aromatic heterocycles. The van der Waals surface area contributed by atoms with Gasteiger partial charge in [-0.2, -0.15) is 0 Å². The summed E-state index contributed by atoms with van der Waals surface area (Å²) in [4.78, 5) is 14.5. The fourth-order valence-electron chi connectivity index (χ4n) is 3.75. The summed E-state index contributed by atoms with van der Waals surface area (Å²) < 4.78 is 2.12. The van der Waals surface area contributed by atoms with Gasteiger partial charge in [0.1, 0.15) is 11.6 Å². The van der Waals surface area contributed by atoms with Crippen LogP contribution in [-0.2, 0) is 11.3 Å². The van der Waals surface area contributed by atoms with E-state index in [1.807, 2.05) is 37.4 Å². The summed E-state index contributed by atoms with van der Waals surface area (Å²) in [7, 11) is 0. The zero-order valence-electron chi connectivity index (χ0n) is 21.1. The van der Waals surface area contributed by atoms with Gasteiger partial charge in [-0.3, -0.25) is 4.79 Å². The minimum Gasteiger partial charge on any atom is -0.508 e. The molecule has 0 aliphatic carbocycles. The van der Waals surface area contributed by atoms with Gasteiger partial charge in [-0.1, -0.05) is 66.5 Å². The fraction of sp³-hybridized carbons (Fsp3) is 0.200. The Kier molecular flexibility index (Phi) is 9.95. The number of aromatic hydroxyl groups is 1. The molecule has 37 heavy (non-hydrogen) atoms. The van der Waals surface area contributed by atoms with E-state index in [0.717, 1.165) is 52.3 Å². The lowest BCUT2D eigenvalue weighted by atomic mass is 10.0. The molecule has 0 amide bonds. The van der Waals surface area contributed by atoms with E-state index in [1.165, 1.54) is 0 Å². The van der Waals surface area contributed by atoms with Crippen molar-refractivity contribution in [2.75, 3.05) is 0 Å². The van der Waals surface area contributed by atoms with E-state index in [-0.39, 0.29) is 5.75 Å². The topological polar surface area (TPSA) is 75.3 Å². The van der Waals surface area contributed by atoms with E-state index in [1.54, 1.807) is 18.2 Å². The quantitative estimate of drug-likeness (QED) is 0.247. The summed E-state index contributed by atoms with van der Waals surface area (Å²) in [6.45, 7) is 6.81. The van der Waals surface area contributed by atoms with Crippen molar-refractivity contribution in [1.29, 1.82) is 0 Å². The minimum absolute atomic E-state index is 0.268. The smallest absolute Gasteiger partial charge is 0.303 e. The predicted molar refractivity (Wildman–Crippen MR) is 153 cm³/mol. The van der Waals surface area contributed by atoms with Crippen LogP contribution >= 0.6 is 23.2 Å². The molecule has 0 atom stereocenters. The molecule has 7 heteroatoms. The number of allylic oxidation sites excluding steroid dienone is 1. The number of carbonyl (C=O) groups is 1. The molecule has 0 unspecified atom stereocenters. The highest BCUT2D eigenvalue weighted by atomic mass is 35.5. The van der Waals surface area contributed by atoms with Gasteiger partial charge in [-0.25, -0.2) is 4.98 Å². The van der Waals surface area contributed by atoms with Gasteiger partial charge in [0.2, 0.25) is 0 Å². The Bertz CT molecular complexity index is 1380. The molecule has 3 aromatic carbocycles. The number of aliphatic carboxylic acids is 1. The van der Waals surface area contributed by atoms with Gasteiger partial charge in [0.25, 0.3) is 0 Å².